The summed E-state index contributed by atoms with van der Waals surface area (Å²) in [6, 6.07) is 3.90. The Labute approximate surface area is 102 Å². The van der Waals surface area contributed by atoms with Crippen molar-refractivity contribution in [1.29, 1.82) is 0 Å². The maximum absolute atomic E-state index is 12.0. The average molecular weight is 233 g/mol. The number of fused-ring (bicyclic) bond motifs is 1. The van der Waals surface area contributed by atoms with E-state index in [1.165, 1.54) is 5.56 Å². The fraction of sp³-hybridized carbons (Fsp3) is 0.462. The van der Waals surface area contributed by atoms with Crippen molar-refractivity contribution in [3.8, 4) is 0 Å². The van der Waals surface area contributed by atoms with E-state index >= 15 is 0 Å². The molecule has 4 heteroatoms. The molecule has 0 spiro atoms. The Kier molecular flexibility index (Phi) is 3.17. The molecule has 0 bridgehead atoms. The summed E-state index contributed by atoms with van der Waals surface area (Å²) in [5, 5.41) is 2.97. The molecule has 92 valence electrons. The van der Waals surface area contributed by atoms with E-state index in [4.69, 9.17) is 5.73 Å². The number of nitrogens with zero attached hydrogens (tertiary/aromatic N) is 1. The SMILES string of the molecule is Cc1ccc2c(c1C)NC(=O)C2N(C)CCN. The number of anilines is 1. The third-order valence-corrected chi connectivity index (χ3v) is 3.48. The fourth-order valence-electron chi connectivity index (χ4n) is 2.33. The van der Waals surface area contributed by atoms with Gasteiger partial charge in [0.2, 0.25) is 5.91 Å². The van der Waals surface area contributed by atoms with Gasteiger partial charge in [-0.15, -0.1) is 0 Å². The van der Waals surface area contributed by atoms with Crippen LogP contribution in [0.4, 0.5) is 5.69 Å². The zero-order valence-corrected chi connectivity index (χ0v) is 10.6. The first kappa shape index (κ1) is 12.1. The zero-order chi connectivity index (χ0) is 12.6. The number of nitrogens with one attached hydrogen (secondary N) is 1. The van der Waals surface area contributed by atoms with Crippen molar-refractivity contribution < 1.29 is 4.79 Å². The van der Waals surface area contributed by atoms with Crippen LogP contribution >= 0.6 is 0 Å². The van der Waals surface area contributed by atoms with Gasteiger partial charge in [0.25, 0.3) is 0 Å². The molecule has 0 aromatic heterocycles. The molecule has 1 aromatic carbocycles. The molecule has 1 amide bonds. The molecule has 1 aliphatic rings. The first-order valence-corrected chi connectivity index (χ1v) is 5.87. The molecule has 1 atom stereocenters. The van der Waals surface area contributed by atoms with E-state index < -0.39 is 0 Å². The lowest BCUT2D eigenvalue weighted by atomic mass is 10.0. The molecule has 0 saturated heterocycles. The number of carbonyl (C=O) groups excluding carboxylic acids is 1. The highest BCUT2D eigenvalue weighted by Crippen LogP contribution is 2.37. The number of aryl methyl sites for hydroxylation is 1. The van der Waals surface area contributed by atoms with E-state index in [0.29, 0.717) is 13.1 Å². The lowest BCUT2D eigenvalue weighted by Gasteiger charge is -2.22. The molecule has 2 rings (SSSR count). The van der Waals surface area contributed by atoms with Crippen LogP contribution in [0.1, 0.15) is 22.7 Å². The number of benzene rings is 1. The Balaban J connectivity index is 2.41. The van der Waals surface area contributed by atoms with Crippen molar-refractivity contribution in [2.24, 2.45) is 5.73 Å². The third-order valence-electron chi connectivity index (χ3n) is 3.48. The number of carbonyl (C=O) groups is 1. The number of nitrogens with two attached hydrogens (primary N) is 1. The van der Waals surface area contributed by atoms with Crippen LogP contribution in [0.3, 0.4) is 0 Å². The van der Waals surface area contributed by atoms with E-state index in [9.17, 15) is 4.79 Å². The van der Waals surface area contributed by atoms with Gasteiger partial charge >= 0.3 is 0 Å². The Morgan fingerprint density at radius 2 is 2.12 bits per heavy atom. The second-order valence-electron chi connectivity index (χ2n) is 4.63. The highest BCUT2D eigenvalue weighted by Gasteiger charge is 2.34. The average Bonchev–Trinajstić information content (AvgIpc) is 2.61. The molecule has 0 aliphatic carbocycles. The quantitative estimate of drug-likeness (QED) is 0.824. The van der Waals surface area contributed by atoms with Gasteiger partial charge in [0.15, 0.2) is 0 Å². The Morgan fingerprint density at radius 3 is 2.76 bits per heavy atom. The van der Waals surface area contributed by atoms with Gasteiger partial charge in [0, 0.05) is 24.3 Å². The van der Waals surface area contributed by atoms with Gasteiger partial charge in [-0.05, 0) is 32.0 Å². The highest BCUT2D eigenvalue weighted by molar-refractivity contribution is 6.03. The molecule has 1 aliphatic heterocycles. The van der Waals surface area contributed by atoms with E-state index in [2.05, 4.69) is 18.3 Å². The van der Waals surface area contributed by atoms with Crippen molar-refractivity contribution in [1.82, 2.24) is 4.90 Å². The van der Waals surface area contributed by atoms with Crippen LogP contribution in [0.5, 0.6) is 0 Å². The van der Waals surface area contributed by atoms with E-state index in [0.717, 1.165) is 16.8 Å². The van der Waals surface area contributed by atoms with Gasteiger partial charge in [0.1, 0.15) is 6.04 Å². The van der Waals surface area contributed by atoms with Crippen LogP contribution in [0.25, 0.3) is 0 Å². The second kappa shape index (κ2) is 4.47. The summed E-state index contributed by atoms with van der Waals surface area (Å²) < 4.78 is 0. The summed E-state index contributed by atoms with van der Waals surface area (Å²) in [6.45, 7) is 5.36. The summed E-state index contributed by atoms with van der Waals surface area (Å²) in [4.78, 5) is 14.0. The molecule has 3 N–H and O–H groups in total. The normalized spacial score (nSPS) is 18.4. The maximum Gasteiger partial charge on any atom is 0.246 e. The molecule has 4 nitrogen and oxygen atoms in total. The van der Waals surface area contributed by atoms with Gasteiger partial charge in [0.05, 0.1) is 0 Å². The number of hydrogen-bond donors (Lipinski definition) is 2. The van der Waals surface area contributed by atoms with Crippen LogP contribution in [-0.2, 0) is 4.79 Å². The maximum atomic E-state index is 12.0. The third kappa shape index (κ3) is 1.94. The van der Waals surface area contributed by atoms with E-state index in [1.807, 2.05) is 24.9 Å². The minimum absolute atomic E-state index is 0.0460. The summed E-state index contributed by atoms with van der Waals surface area (Å²) in [7, 11) is 1.93. The van der Waals surface area contributed by atoms with E-state index in [-0.39, 0.29) is 11.9 Å². The van der Waals surface area contributed by atoms with Crippen LogP contribution in [0, 0.1) is 13.8 Å². The summed E-state index contributed by atoms with van der Waals surface area (Å²) in [6.07, 6.45) is 0. The summed E-state index contributed by atoms with van der Waals surface area (Å²) >= 11 is 0. The molecule has 1 aromatic rings. The van der Waals surface area contributed by atoms with Crippen LogP contribution in [-0.4, -0.2) is 30.9 Å². The van der Waals surface area contributed by atoms with Crippen molar-refractivity contribution in [3.05, 3.63) is 28.8 Å². The molecule has 0 radical (unpaired) electrons. The minimum atomic E-state index is -0.201. The topological polar surface area (TPSA) is 58.4 Å². The summed E-state index contributed by atoms with van der Waals surface area (Å²) in [5.41, 5.74) is 9.94. The fourth-order valence-corrected chi connectivity index (χ4v) is 2.33. The van der Waals surface area contributed by atoms with Crippen molar-refractivity contribution >= 4 is 11.6 Å². The first-order valence-electron chi connectivity index (χ1n) is 5.87. The number of likely N-dealkylation sites (N-methyl/N-ethyl adjacent to an activating group) is 1. The molecular formula is C13H19N3O. The highest BCUT2D eigenvalue weighted by atomic mass is 16.2. The number of hydrogen-bond acceptors (Lipinski definition) is 3. The second-order valence-corrected chi connectivity index (χ2v) is 4.63. The molecule has 17 heavy (non-hydrogen) atoms. The van der Waals surface area contributed by atoms with Crippen molar-refractivity contribution in [3.63, 3.8) is 0 Å². The largest absolute Gasteiger partial charge is 0.329 e. The van der Waals surface area contributed by atoms with Gasteiger partial charge in [-0.2, -0.15) is 0 Å². The van der Waals surface area contributed by atoms with Crippen molar-refractivity contribution in [2.45, 2.75) is 19.9 Å². The van der Waals surface area contributed by atoms with Gasteiger partial charge in [-0.1, -0.05) is 12.1 Å². The number of rotatable bonds is 3. The predicted octanol–water partition coefficient (Wildman–Crippen LogP) is 1.19. The monoisotopic (exact) mass is 233 g/mol. The summed E-state index contributed by atoms with van der Waals surface area (Å²) in [5.74, 6) is 0.0460. The Bertz CT molecular complexity index is 456. The molecular weight excluding hydrogens is 214 g/mol. The molecule has 1 heterocycles. The first-order chi connectivity index (χ1) is 8.06. The van der Waals surface area contributed by atoms with Crippen molar-refractivity contribution in [2.75, 3.05) is 25.5 Å². The molecule has 0 fully saturated rings. The zero-order valence-electron chi connectivity index (χ0n) is 10.6. The van der Waals surface area contributed by atoms with E-state index in [1.54, 1.807) is 0 Å². The standard InChI is InChI=1S/C13H19N3O/c1-8-4-5-10-11(9(8)2)15-13(17)12(10)16(3)7-6-14/h4-5,12H,6-7,14H2,1-3H3,(H,15,17). The minimum Gasteiger partial charge on any atom is -0.329 e. The molecule has 0 saturated carbocycles. The molecule has 1 unspecified atom stereocenters. The van der Waals surface area contributed by atoms with Gasteiger partial charge < -0.3 is 11.1 Å². The van der Waals surface area contributed by atoms with Gasteiger partial charge in [-0.3, -0.25) is 9.69 Å². The predicted molar refractivity (Wildman–Crippen MR) is 69.0 cm³/mol. The van der Waals surface area contributed by atoms with Crippen LogP contribution in [0.2, 0.25) is 0 Å². The Hall–Kier alpha value is -1.39. The smallest absolute Gasteiger partial charge is 0.246 e. The van der Waals surface area contributed by atoms with Crippen LogP contribution < -0.4 is 11.1 Å². The number of amides is 1. The van der Waals surface area contributed by atoms with Gasteiger partial charge in [-0.25, -0.2) is 0 Å². The lowest BCUT2D eigenvalue weighted by molar-refractivity contribution is -0.120. The lowest BCUT2D eigenvalue weighted by Crippen LogP contribution is -2.33. The Morgan fingerprint density at radius 1 is 1.41 bits per heavy atom. The van der Waals surface area contributed by atoms with Crippen LogP contribution in [0.15, 0.2) is 12.1 Å².